The van der Waals surface area contributed by atoms with Gasteiger partial charge in [0.15, 0.2) is 0 Å². The Balaban J connectivity index is 1.74. The summed E-state index contributed by atoms with van der Waals surface area (Å²) in [4.78, 5) is 11.7. The van der Waals surface area contributed by atoms with Crippen LogP contribution < -0.4 is 10.1 Å². The highest BCUT2D eigenvalue weighted by molar-refractivity contribution is 9.10. The summed E-state index contributed by atoms with van der Waals surface area (Å²) in [6.07, 6.45) is 0.196. The van der Waals surface area contributed by atoms with Crippen LogP contribution in [0.15, 0.2) is 46.9 Å². The van der Waals surface area contributed by atoms with Gasteiger partial charge in [-0.2, -0.15) is 0 Å². The van der Waals surface area contributed by atoms with Gasteiger partial charge in [0, 0.05) is 11.0 Å². The summed E-state index contributed by atoms with van der Waals surface area (Å²) < 4.78 is 19.2. The summed E-state index contributed by atoms with van der Waals surface area (Å²) >= 11 is 9.21. The van der Waals surface area contributed by atoms with Gasteiger partial charge in [-0.05, 0) is 35.9 Å². The number of hydrogen-bond acceptors (Lipinski definition) is 2. The van der Waals surface area contributed by atoms with Crippen molar-refractivity contribution < 1.29 is 13.9 Å². The summed E-state index contributed by atoms with van der Waals surface area (Å²) in [7, 11) is 0. The van der Waals surface area contributed by atoms with Gasteiger partial charge in [-0.15, -0.1) is 0 Å². The molecule has 0 atom stereocenters. The fraction of sp³-hybridized carbons (Fsp3) is 0.188. The summed E-state index contributed by atoms with van der Waals surface area (Å²) in [5.41, 5.74) is 1.00. The van der Waals surface area contributed by atoms with E-state index in [9.17, 15) is 9.18 Å². The van der Waals surface area contributed by atoms with Crippen molar-refractivity contribution in [3.05, 3.63) is 63.3 Å². The first-order valence-corrected chi connectivity index (χ1v) is 7.80. The third kappa shape index (κ3) is 5.31. The van der Waals surface area contributed by atoms with E-state index in [1.54, 1.807) is 0 Å². The van der Waals surface area contributed by atoms with Gasteiger partial charge in [-0.3, -0.25) is 4.79 Å². The zero-order valence-corrected chi connectivity index (χ0v) is 14.0. The molecule has 2 aromatic rings. The van der Waals surface area contributed by atoms with E-state index in [0.29, 0.717) is 12.3 Å². The predicted molar refractivity (Wildman–Crippen MR) is 87.5 cm³/mol. The van der Waals surface area contributed by atoms with Crippen LogP contribution in [-0.2, 0) is 11.3 Å². The minimum absolute atomic E-state index is 0.127. The van der Waals surface area contributed by atoms with E-state index in [-0.39, 0.29) is 24.0 Å². The fourth-order valence-electron chi connectivity index (χ4n) is 1.78. The van der Waals surface area contributed by atoms with E-state index in [0.717, 1.165) is 10.0 Å². The van der Waals surface area contributed by atoms with E-state index in [2.05, 4.69) is 21.2 Å². The summed E-state index contributed by atoms with van der Waals surface area (Å²) in [5, 5.41) is 2.99. The number of hydrogen-bond donors (Lipinski definition) is 1. The number of halogens is 3. The van der Waals surface area contributed by atoms with E-state index in [1.807, 2.05) is 24.3 Å². The molecule has 0 radical (unpaired) electrons. The van der Waals surface area contributed by atoms with Crippen LogP contribution >= 0.6 is 27.5 Å². The molecular weight excluding hydrogens is 373 g/mol. The maximum atomic E-state index is 12.9. The Morgan fingerprint density at radius 1 is 1.27 bits per heavy atom. The summed E-state index contributed by atoms with van der Waals surface area (Å²) in [6.45, 7) is 0.630. The second-order valence-electron chi connectivity index (χ2n) is 4.58. The maximum Gasteiger partial charge on any atom is 0.223 e. The average Bonchev–Trinajstić information content (AvgIpc) is 2.47. The van der Waals surface area contributed by atoms with E-state index >= 15 is 0 Å². The van der Waals surface area contributed by atoms with Crippen LogP contribution in [0.4, 0.5) is 4.39 Å². The lowest BCUT2D eigenvalue weighted by atomic mass is 10.2. The minimum Gasteiger partial charge on any atom is -0.491 e. The molecule has 3 nitrogen and oxygen atoms in total. The quantitative estimate of drug-likeness (QED) is 0.802. The number of carbonyl (C=O) groups excluding carboxylic acids is 1. The zero-order valence-electron chi connectivity index (χ0n) is 11.6. The SMILES string of the molecule is O=C(CCOc1ccc(F)cc1Cl)NCc1cccc(Br)c1. The Hall–Kier alpha value is -1.59. The van der Waals surface area contributed by atoms with Crippen molar-refractivity contribution >= 4 is 33.4 Å². The van der Waals surface area contributed by atoms with Crippen molar-refractivity contribution in [3.63, 3.8) is 0 Å². The molecular formula is C16H14BrClFNO2. The zero-order chi connectivity index (χ0) is 15.9. The van der Waals surface area contributed by atoms with Gasteiger partial charge >= 0.3 is 0 Å². The van der Waals surface area contributed by atoms with Crippen LogP contribution in [0, 0.1) is 5.82 Å². The van der Waals surface area contributed by atoms with E-state index in [4.69, 9.17) is 16.3 Å². The Labute approximate surface area is 141 Å². The Morgan fingerprint density at radius 2 is 2.09 bits per heavy atom. The molecule has 1 N–H and O–H groups in total. The van der Waals surface area contributed by atoms with Gasteiger partial charge in [-0.25, -0.2) is 4.39 Å². The molecule has 0 heterocycles. The molecule has 22 heavy (non-hydrogen) atoms. The highest BCUT2D eigenvalue weighted by Gasteiger charge is 2.06. The van der Waals surface area contributed by atoms with Crippen LogP contribution in [-0.4, -0.2) is 12.5 Å². The number of rotatable bonds is 6. The van der Waals surface area contributed by atoms with Crippen molar-refractivity contribution in [2.24, 2.45) is 0 Å². The van der Waals surface area contributed by atoms with Crippen molar-refractivity contribution in [1.29, 1.82) is 0 Å². The molecule has 0 aliphatic heterocycles. The molecule has 0 aliphatic carbocycles. The van der Waals surface area contributed by atoms with Crippen LogP contribution in [0.3, 0.4) is 0 Å². The van der Waals surface area contributed by atoms with Crippen LogP contribution in [0.2, 0.25) is 5.02 Å². The molecule has 0 saturated heterocycles. The first kappa shape index (κ1) is 16.8. The lowest BCUT2D eigenvalue weighted by Crippen LogP contribution is -2.24. The van der Waals surface area contributed by atoms with E-state index < -0.39 is 5.82 Å². The molecule has 0 spiro atoms. The van der Waals surface area contributed by atoms with E-state index in [1.165, 1.54) is 18.2 Å². The Bertz CT molecular complexity index is 666. The first-order valence-electron chi connectivity index (χ1n) is 6.63. The highest BCUT2D eigenvalue weighted by Crippen LogP contribution is 2.24. The number of amides is 1. The van der Waals surface area contributed by atoms with Gasteiger partial charge in [0.25, 0.3) is 0 Å². The molecule has 1 amide bonds. The molecule has 116 valence electrons. The largest absolute Gasteiger partial charge is 0.491 e. The normalized spacial score (nSPS) is 10.3. The average molecular weight is 387 g/mol. The topological polar surface area (TPSA) is 38.3 Å². The lowest BCUT2D eigenvalue weighted by molar-refractivity contribution is -0.121. The smallest absolute Gasteiger partial charge is 0.223 e. The van der Waals surface area contributed by atoms with Gasteiger partial charge in [-0.1, -0.05) is 39.7 Å². The van der Waals surface area contributed by atoms with Gasteiger partial charge in [0.05, 0.1) is 18.1 Å². The number of nitrogens with one attached hydrogen (secondary N) is 1. The van der Waals surface area contributed by atoms with Gasteiger partial charge in [0.1, 0.15) is 11.6 Å². The van der Waals surface area contributed by atoms with Crippen LogP contribution in [0.25, 0.3) is 0 Å². The molecule has 2 rings (SSSR count). The molecule has 0 saturated carbocycles. The van der Waals surface area contributed by atoms with Crippen LogP contribution in [0.5, 0.6) is 5.75 Å². The molecule has 0 unspecified atom stereocenters. The van der Waals surface area contributed by atoms with Gasteiger partial charge in [0.2, 0.25) is 5.91 Å². The van der Waals surface area contributed by atoms with Crippen molar-refractivity contribution in [2.45, 2.75) is 13.0 Å². The minimum atomic E-state index is -0.427. The number of carbonyl (C=O) groups is 1. The Morgan fingerprint density at radius 3 is 2.82 bits per heavy atom. The molecule has 0 bridgehead atoms. The first-order chi connectivity index (χ1) is 10.5. The maximum absolute atomic E-state index is 12.9. The Kier molecular flexibility index (Phi) is 6.21. The number of ether oxygens (including phenoxy) is 1. The molecule has 0 fully saturated rings. The lowest BCUT2D eigenvalue weighted by Gasteiger charge is -2.09. The second-order valence-corrected chi connectivity index (χ2v) is 5.90. The van der Waals surface area contributed by atoms with Crippen molar-refractivity contribution in [2.75, 3.05) is 6.61 Å². The third-order valence-electron chi connectivity index (χ3n) is 2.86. The van der Waals surface area contributed by atoms with Crippen molar-refractivity contribution in [3.8, 4) is 5.75 Å². The molecule has 0 aliphatic rings. The monoisotopic (exact) mass is 385 g/mol. The van der Waals surface area contributed by atoms with Crippen molar-refractivity contribution in [1.82, 2.24) is 5.32 Å². The molecule has 6 heteroatoms. The fourth-order valence-corrected chi connectivity index (χ4v) is 2.45. The highest BCUT2D eigenvalue weighted by atomic mass is 79.9. The summed E-state index contributed by atoms with van der Waals surface area (Å²) in [5.74, 6) is -0.190. The predicted octanol–water partition coefficient (Wildman–Crippen LogP) is 4.33. The van der Waals surface area contributed by atoms with Gasteiger partial charge < -0.3 is 10.1 Å². The molecule has 2 aromatic carbocycles. The van der Waals surface area contributed by atoms with Crippen LogP contribution in [0.1, 0.15) is 12.0 Å². The summed E-state index contributed by atoms with van der Waals surface area (Å²) in [6, 6.07) is 11.6. The molecule has 0 aromatic heterocycles. The number of benzene rings is 2. The third-order valence-corrected chi connectivity index (χ3v) is 3.65. The second kappa shape index (κ2) is 8.15. The standard InChI is InChI=1S/C16H14BrClFNO2/c17-12-3-1-2-11(8-12)10-20-16(21)6-7-22-15-5-4-13(19)9-14(15)18/h1-5,8-9H,6-7,10H2,(H,20,21).